The molecule has 0 radical (unpaired) electrons. The first-order valence-electron chi connectivity index (χ1n) is 7.44. The summed E-state index contributed by atoms with van der Waals surface area (Å²) in [6, 6.07) is 6.13. The van der Waals surface area contributed by atoms with Gasteiger partial charge in [-0.3, -0.25) is 0 Å². The van der Waals surface area contributed by atoms with Crippen molar-refractivity contribution in [2.75, 3.05) is 6.61 Å². The first-order chi connectivity index (χ1) is 9.08. The van der Waals surface area contributed by atoms with E-state index in [2.05, 4.69) is 32.9 Å². The first-order valence-corrected chi connectivity index (χ1v) is 7.44. The summed E-state index contributed by atoms with van der Waals surface area (Å²) in [7, 11) is 0. The molecule has 0 bridgehead atoms. The van der Waals surface area contributed by atoms with Gasteiger partial charge >= 0.3 is 0 Å². The molecular weight excluding hydrogens is 236 g/mol. The van der Waals surface area contributed by atoms with E-state index in [0.29, 0.717) is 18.6 Å². The van der Waals surface area contributed by atoms with Gasteiger partial charge in [-0.2, -0.15) is 0 Å². The third-order valence-corrected chi connectivity index (χ3v) is 4.42. The fourth-order valence-corrected chi connectivity index (χ4v) is 2.81. The number of benzene rings is 1. The molecule has 2 nitrogen and oxygen atoms in total. The van der Waals surface area contributed by atoms with E-state index in [1.807, 2.05) is 6.07 Å². The maximum Gasteiger partial charge on any atom is 0.102 e. The topological polar surface area (TPSA) is 29.5 Å². The van der Waals surface area contributed by atoms with Gasteiger partial charge in [0.1, 0.15) is 6.10 Å². The molecule has 1 N–H and O–H groups in total. The minimum atomic E-state index is -0.506. The molecule has 0 saturated heterocycles. The van der Waals surface area contributed by atoms with Crippen LogP contribution in [0.3, 0.4) is 0 Å². The Hall–Kier alpha value is -0.860. The second-order valence-electron chi connectivity index (χ2n) is 5.99. The summed E-state index contributed by atoms with van der Waals surface area (Å²) in [5.74, 6) is 0.626. The third-order valence-electron chi connectivity index (χ3n) is 4.42. The molecule has 1 aliphatic carbocycles. The molecule has 3 atom stereocenters. The van der Waals surface area contributed by atoms with Gasteiger partial charge in [-0.05, 0) is 49.3 Å². The summed E-state index contributed by atoms with van der Waals surface area (Å²) in [4.78, 5) is 0. The Morgan fingerprint density at radius 2 is 1.95 bits per heavy atom. The highest BCUT2D eigenvalue weighted by Gasteiger charge is 2.22. The Balaban J connectivity index is 1.89. The monoisotopic (exact) mass is 262 g/mol. The minimum absolute atomic E-state index is 0.329. The minimum Gasteiger partial charge on any atom is -0.386 e. The van der Waals surface area contributed by atoms with Crippen molar-refractivity contribution < 1.29 is 9.84 Å². The number of aliphatic hydroxyl groups is 1. The molecule has 2 rings (SSSR count). The number of hydrogen-bond acceptors (Lipinski definition) is 2. The summed E-state index contributed by atoms with van der Waals surface area (Å²) < 4.78 is 5.93. The van der Waals surface area contributed by atoms with Crippen LogP contribution < -0.4 is 0 Å². The molecular formula is C17H26O2. The first kappa shape index (κ1) is 14.5. The number of ether oxygens (including phenoxy) is 1. The zero-order valence-corrected chi connectivity index (χ0v) is 12.4. The molecule has 0 aromatic heterocycles. The van der Waals surface area contributed by atoms with E-state index in [1.54, 1.807) is 0 Å². The van der Waals surface area contributed by atoms with Crippen molar-refractivity contribution in [3.63, 3.8) is 0 Å². The van der Waals surface area contributed by atoms with Crippen LogP contribution >= 0.6 is 0 Å². The average molecular weight is 262 g/mol. The SMILES string of the molecule is Cc1ccc(C(O)COC2CCCCC2C)cc1C. The molecule has 1 aliphatic rings. The molecule has 2 heteroatoms. The summed E-state index contributed by atoms with van der Waals surface area (Å²) in [5, 5.41) is 10.2. The van der Waals surface area contributed by atoms with Gasteiger partial charge in [0.2, 0.25) is 0 Å². The van der Waals surface area contributed by atoms with Crippen LogP contribution in [0.2, 0.25) is 0 Å². The quantitative estimate of drug-likeness (QED) is 0.890. The number of aryl methyl sites for hydroxylation is 2. The molecule has 1 aromatic rings. The third kappa shape index (κ3) is 3.80. The normalized spacial score (nSPS) is 25.3. The Morgan fingerprint density at radius 1 is 1.21 bits per heavy atom. The highest BCUT2D eigenvalue weighted by Crippen LogP contribution is 2.27. The van der Waals surface area contributed by atoms with Crippen molar-refractivity contribution >= 4 is 0 Å². The predicted molar refractivity (Wildman–Crippen MR) is 78.2 cm³/mol. The van der Waals surface area contributed by atoms with Crippen molar-refractivity contribution in [2.24, 2.45) is 5.92 Å². The van der Waals surface area contributed by atoms with Gasteiger partial charge in [0.15, 0.2) is 0 Å². The van der Waals surface area contributed by atoms with Gasteiger partial charge < -0.3 is 9.84 Å². The maximum absolute atomic E-state index is 10.2. The predicted octanol–water partition coefficient (Wildman–Crippen LogP) is 3.93. The lowest BCUT2D eigenvalue weighted by atomic mass is 9.88. The fourth-order valence-electron chi connectivity index (χ4n) is 2.81. The highest BCUT2D eigenvalue weighted by atomic mass is 16.5. The fraction of sp³-hybridized carbons (Fsp3) is 0.647. The maximum atomic E-state index is 10.2. The van der Waals surface area contributed by atoms with Crippen LogP contribution in [0.4, 0.5) is 0 Å². The summed E-state index contributed by atoms with van der Waals surface area (Å²) >= 11 is 0. The zero-order chi connectivity index (χ0) is 13.8. The van der Waals surface area contributed by atoms with Gasteiger partial charge in [-0.1, -0.05) is 38.0 Å². The standard InChI is InChI=1S/C17H26O2/c1-12-8-9-15(10-14(12)3)16(18)11-19-17-7-5-4-6-13(17)2/h8-10,13,16-18H,4-7,11H2,1-3H3. The van der Waals surface area contributed by atoms with Crippen LogP contribution in [0, 0.1) is 19.8 Å². The van der Waals surface area contributed by atoms with Crippen molar-refractivity contribution in [1.82, 2.24) is 0 Å². The molecule has 0 spiro atoms. The van der Waals surface area contributed by atoms with Crippen LogP contribution in [0.5, 0.6) is 0 Å². The van der Waals surface area contributed by atoms with Gasteiger partial charge in [-0.15, -0.1) is 0 Å². The van der Waals surface area contributed by atoms with E-state index in [0.717, 1.165) is 12.0 Å². The molecule has 3 unspecified atom stereocenters. The van der Waals surface area contributed by atoms with Crippen molar-refractivity contribution in [3.05, 3.63) is 34.9 Å². The smallest absolute Gasteiger partial charge is 0.102 e. The Morgan fingerprint density at radius 3 is 2.63 bits per heavy atom. The van der Waals surface area contributed by atoms with E-state index in [-0.39, 0.29) is 0 Å². The van der Waals surface area contributed by atoms with Crippen LogP contribution in [0.15, 0.2) is 18.2 Å². The largest absolute Gasteiger partial charge is 0.386 e. The number of hydrogen-bond donors (Lipinski definition) is 1. The van der Waals surface area contributed by atoms with E-state index < -0.39 is 6.10 Å². The van der Waals surface area contributed by atoms with Gasteiger partial charge in [0.25, 0.3) is 0 Å². The number of aliphatic hydroxyl groups excluding tert-OH is 1. The molecule has 1 aromatic carbocycles. The van der Waals surface area contributed by atoms with Crippen molar-refractivity contribution in [1.29, 1.82) is 0 Å². The van der Waals surface area contributed by atoms with E-state index >= 15 is 0 Å². The van der Waals surface area contributed by atoms with Crippen LogP contribution in [-0.2, 0) is 4.74 Å². The van der Waals surface area contributed by atoms with E-state index in [9.17, 15) is 5.11 Å². The second kappa shape index (κ2) is 6.53. The average Bonchev–Trinajstić information content (AvgIpc) is 2.40. The van der Waals surface area contributed by atoms with Gasteiger partial charge in [0, 0.05) is 0 Å². The molecule has 1 saturated carbocycles. The summed E-state index contributed by atoms with van der Waals surface area (Å²) in [5.41, 5.74) is 3.45. The zero-order valence-electron chi connectivity index (χ0n) is 12.4. The lowest BCUT2D eigenvalue weighted by Crippen LogP contribution is -2.27. The Bertz CT molecular complexity index is 414. The van der Waals surface area contributed by atoms with E-state index in [4.69, 9.17) is 4.74 Å². The van der Waals surface area contributed by atoms with Crippen molar-refractivity contribution in [2.45, 2.75) is 58.7 Å². The number of rotatable bonds is 4. The summed E-state index contributed by atoms with van der Waals surface area (Å²) in [6.45, 7) is 6.84. The van der Waals surface area contributed by atoms with Crippen LogP contribution in [0.1, 0.15) is 55.4 Å². The van der Waals surface area contributed by atoms with Crippen LogP contribution in [0.25, 0.3) is 0 Å². The molecule has 0 amide bonds. The molecule has 19 heavy (non-hydrogen) atoms. The molecule has 1 fully saturated rings. The lowest BCUT2D eigenvalue weighted by molar-refractivity contribution is -0.0467. The molecule has 0 aliphatic heterocycles. The van der Waals surface area contributed by atoms with Crippen molar-refractivity contribution in [3.8, 4) is 0 Å². The van der Waals surface area contributed by atoms with Crippen LogP contribution in [-0.4, -0.2) is 17.8 Å². The molecule has 106 valence electrons. The Labute approximate surface area is 116 Å². The highest BCUT2D eigenvalue weighted by molar-refractivity contribution is 5.31. The second-order valence-corrected chi connectivity index (χ2v) is 5.99. The lowest BCUT2D eigenvalue weighted by Gasteiger charge is -2.29. The summed E-state index contributed by atoms with van der Waals surface area (Å²) in [6.07, 6.45) is 4.80. The van der Waals surface area contributed by atoms with E-state index in [1.165, 1.54) is 30.4 Å². The Kier molecular flexibility index (Phi) is 5.00. The van der Waals surface area contributed by atoms with Gasteiger partial charge in [-0.25, -0.2) is 0 Å². The molecule has 0 heterocycles. The van der Waals surface area contributed by atoms with Gasteiger partial charge in [0.05, 0.1) is 12.7 Å².